The summed E-state index contributed by atoms with van der Waals surface area (Å²) in [6.07, 6.45) is 0. The molecule has 0 aliphatic carbocycles. The van der Waals surface area contributed by atoms with Crippen molar-refractivity contribution in [2.24, 2.45) is 5.92 Å². The van der Waals surface area contributed by atoms with Crippen LogP contribution in [-0.4, -0.2) is 20.3 Å². The summed E-state index contributed by atoms with van der Waals surface area (Å²) in [7, 11) is 3.12. The van der Waals surface area contributed by atoms with Gasteiger partial charge in [-0.15, -0.1) is 0 Å². The van der Waals surface area contributed by atoms with Crippen molar-refractivity contribution >= 4 is 27.6 Å². The first-order valence-electron chi connectivity index (χ1n) is 8.00. The lowest BCUT2D eigenvalue weighted by atomic mass is 9.96. The molecule has 6 heteroatoms. The highest BCUT2D eigenvalue weighted by Gasteiger charge is 2.19. The highest BCUT2D eigenvalue weighted by atomic mass is 79.9. The van der Waals surface area contributed by atoms with Crippen LogP contribution in [0.5, 0.6) is 11.5 Å². The number of hydrogen-bond acceptors (Lipinski definition) is 3. The molecular formula is C19H23BrN2O3. The quantitative estimate of drug-likeness (QED) is 0.710. The molecule has 2 amide bonds. The third kappa shape index (κ3) is 4.89. The predicted octanol–water partition coefficient (Wildman–Crippen LogP) is 4.99. The van der Waals surface area contributed by atoms with Gasteiger partial charge in [0.2, 0.25) is 0 Å². The van der Waals surface area contributed by atoms with E-state index in [4.69, 9.17) is 9.47 Å². The number of anilines is 1. The maximum atomic E-state index is 12.5. The molecule has 134 valence electrons. The fourth-order valence-electron chi connectivity index (χ4n) is 2.54. The van der Waals surface area contributed by atoms with E-state index in [-0.39, 0.29) is 18.0 Å². The van der Waals surface area contributed by atoms with Gasteiger partial charge in [0.15, 0.2) is 11.5 Å². The Hall–Kier alpha value is -2.21. The number of carbonyl (C=O) groups excluding carboxylic acids is 1. The summed E-state index contributed by atoms with van der Waals surface area (Å²) in [5.41, 5.74) is 1.67. The maximum absolute atomic E-state index is 12.5. The Labute approximate surface area is 156 Å². The molecule has 2 aromatic carbocycles. The lowest BCUT2D eigenvalue weighted by molar-refractivity contribution is 0.244. The van der Waals surface area contributed by atoms with Gasteiger partial charge in [-0.25, -0.2) is 4.79 Å². The molecule has 0 saturated carbocycles. The van der Waals surface area contributed by atoms with E-state index in [9.17, 15) is 4.79 Å². The number of nitrogens with one attached hydrogen (secondary N) is 2. The van der Waals surface area contributed by atoms with Gasteiger partial charge in [-0.1, -0.05) is 44.2 Å². The number of rotatable bonds is 6. The summed E-state index contributed by atoms with van der Waals surface area (Å²) < 4.78 is 11.2. The fourth-order valence-corrected chi connectivity index (χ4v) is 2.97. The van der Waals surface area contributed by atoms with Crippen molar-refractivity contribution in [1.29, 1.82) is 0 Å². The standard InChI is InChI=1S/C19H23BrN2O3/c1-12(2)18(13-8-6-5-7-9-13)22-19(23)21-15-11-17(25-4)16(24-3)10-14(15)20/h5-12,18H,1-4H3,(H2,21,22,23). The minimum Gasteiger partial charge on any atom is -0.493 e. The van der Waals surface area contributed by atoms with Crippen molar-refractivity contribution in [2.75, 3.05) is 19.5 Å². The Morgan fingerprint density at radius 1 is 1.04 bits per heavy atom. The topological polar surface area (TPSA) is 59.6 Å². The number of urea groups is 1. The number of methoxy groups -OCH3 is 2. The van der Waals surface area contributed by atoms with Crippen LogP contribution in [-0.2, 0) is 0 Å². The minimum atomic E-state index is -0.282. The van der Waals surface area contributed by atoms with Crippen LogP contribution < -0.4 is 20.1 Å². The van der Waals surface area contributed by atoms with Crippen molar-refractivity contribution in [3.05, 3.63) is 52.5 Å². The smallest absolute Gasteiger partial charge is 0.319 e. The Kier molecular flexibility index (Phi) is 6.70. The molecule has 25 heavy (non-hydrogen) atoms. The Balaban J connectivity index is 2.16. The highest BCUT2D eigenvalue weighted by Crippen LogP contribution is 2.36. The minimum absolute atomic E-state index is 0.0832. The first kappa shape index (κ1) is 19.1. The van der Waals surface area contributed by atoms with Crippen LogP contribution in [0.15, 0.2) is 46.9 Å². The van der Waals surface area contributed by atoms with E-state index < -0.39 is 0 Å². The van der Waals surface area contributed by atoms with E-state index in [0.717, 1.165) is 5.56 Å². The second kappa shape index (κ2) is 8.76. The predicted molar refractivity (Wildman–Crippen MR) is 103 cm³/mol. The van der Waals surface area contributed by atoms with Crippen LogP contribution in [0.2, 0.25) is 0 Å². The van der Waals surface area contributed by atoms with Crippen molar-refractivity contribution in [3.8, 4) is 11.5 Å². The lowest BCUT2D eigenvalue weighted by Gasteiger charge is -2.23. The molecule has 0 spiro atoms. The zero-order chi connectivity index (χ0) is 18.4. The van der Waals surface area contributed by atoms with Crippen LogP contribution in [0, 0.1) is 5.92 Å². The van der Waals surface area contributed by atoms with E-state index in [1.54, 1.807) is 26.4 Å². The molecule has 0 heterocycles. The average molecular weight is 407 g/mol. The van der Waals surface area contributed by atoms with E-state index in [0.29, 0.717) is 21.7 Å². The van der Waals surface area contributed by atoms with Crippen LogP contribution in [0.1, 0.15) is 25.5 Å². The summed E-state index contributed by atoms with van der Waals surface area (Å²) >= 11 is 3.44. The van der Waals surface area contributed by atoms with Crippen LogP contribution in [0.3, 0.4) is 0 Å². The van der Waals surface area contributed by atoms with Crippen molar-refractivity contribution in [3.63, 3.8) is 0 Å². The molecule has 0 bridgehead atoms. The van der Waals surface area contributed by atoms with E-state index >= 15 is 0 Å². The number of halogens is 1. The number of carbonyl (C=O) groups is 1. The molecule has 2 rings (SSSR count). The van der Waals surface area contributed by atoms with Crippen molar-refractivity contribution in [1.82, 2.24) is 5.32 Å². The molecule has 1 atom stereocenters. The molecule has 0 aliphatic heterocycles. The summed E-state index contributed by atoms with van der Waals surface area (Å²) in [6.45, 7) is 4.15. The van der Waals surface area contributed by atoms with Gasteiger partial charge in [0.1, 0.15) is 0 Å². The van der Waals surface area contributed by atoms with Gasteiger partial charge in [-0.2, -0.15) is 0 Å². The summed E-state index contributed by atoms with van der Waals surface area (Å²) in [6, 6.07) is 13.0. The first-order chi connectivity index (χ1) is 12.0. The summed E-state index contributed by atoms with van der Waals surface area (Å²) in [4.78, 5) is 12.5. The largest absolute Gasteiger partial charge is 0.493 e. The number of hydrogen-bond donors (Lipinski definition) is 2. The molecule has 0 aromatic heterocycles. The van der Waals surface area contributed by atoms with Gasteiger partial charge in [0.25, 0.3) is 0 Å². The molecule has 0 radical (unpaired) electrons. The van der Waals surface area contributed by atoms with Gasteiger partial charge in [0, 0.05) is 16.6 Å². The molecule has 0 saturated heterocycles. The average Bonchev–Trinajstić information content (AvgIpc) is 2.61. The molecule has 0 fully saturated rings. The zero-order valence-electron chi connectivity index (χ0n) is 14.8. The van der Waals surface area contributed by atoms with Gasteiger partial charge in [0.05, 0.1) is 25.9 Å². The monoisotopic (exact) mass is 406 g/mol. The van der Waals surface area contributed by atoms with Gasteiger partial charge in [-0.3, -0.25) is 0 Å². The maximum Gasteiger partial charge on any atom is 0.319 e. The lowest BCUT2D eigenvalue weighted by Crippen LogP contribution is -2.35. The summed E-state index contributed by atoms with van der Waals surface area (Å²) in [5, 5.41) is 5.89. The first-order valence-corrected chi connectivity index (χ1v) is 8.79. The molecule has 5 nitrogen and oxygen atoms in total. The van der Waals surface area contributed by atoms with Crippen LogP contribution >= 0.6 is 15.9 Å². The SMILES string of the molecule is COc1cc(Br)c(NC(=O)NC(c2ccccc2)C(C)C)cc1OC. The van der Waals surface area contributed by atoms with Gasteiger partial charge >= 0.3 is 6.03 Å². The van der Waals surface area contributed by atoms with Crippen molar-refractivity contribution in [2.45, 2.75) is 19.9 Å². The van der Waals surface area contributed by atoms with Crippen LogP contribution in [0.4, 0.5) is 10.5 Å². The Bertz CT molecular complexity index is 720. The Morgan fingerprint density at radius 2 is 1.64 bits per heavy atom. The number of amides is 2. The second-order valence-corrected chi connectivity index (χ2v) is 6.77. The van der Waals surface area contributed by atoms with Crippen LogP contribution in [0.25, 0.3) is 0 Å². The summed E-state index contributed by atoms with van der Waals surface area (Å²) in [5.74, 6) is 1.39. The number of benzene rings is 2. The Morgan fingerprint density at radius 3 is 2.20 bits per heavy atom. The third-order valence-electron chi connectivity index (χ3n) is 3.83. The van der Waals surface area contributed by atoms with Gasteiger partial charge < -0.3 is 20.1 Å². The molecule has 0 aliphatic rings. The fraction of sp³-hybridized carbons (Fsp3) is 0.316. The molecule has 2 aromatic rings. The van der Waals surface area contributed by atoms with E-state index in [1.807, 2.05) is 30.3 Å². The number of ether oxygens (including phenoxy) is 2. The zero-order valence-corrected chi connectivity index (χ0v) is 16.4. The van der Waals surface area contributed by atoms with E-state index in [2.05, 4.69) is 40.4 Å². The van der Waals surface area contributed by atoms with Crippen molar-refractivity contribution < 1.29 is 14.3 Å². The molecule has 2 N–H and O–H groups in total. The third-order valence-corrected chi connectivity index (χ3v) is 4.49. The normalized spacial score (nSPS) is 11.8. The van der Waals surface area contributed by atoms with E-state index in [1.165, 1.54) is 0 Å². The van der Waals surface area contributed by atoms with Gasteiger partial charge in [-0.05, 0) is 27.4 Å². The second-order valence-electron chi connectivity index (χ2n) is 5.92. The highest BCUT2D eigenvalue weighted by molar-refractivity contribution is 9.10. The molecular weight excluding hydrogens is 384 g/mol. The molecule has 1 unspecified atom stereocenters.